The fourth-order valence-electron chi connectivity index (χ4n) is 4.23. The van der Waals surface area contributed by atoms with Gasteiger partial charge in [-0.2, -0.15) is 0 Å². The van der Waals surface area contributed by atoms with Crippen LogP contribution in [0.15, 0.2) is 59.8 Å². The molecule has 0 fully saturated rings. The van der Waals surface area contributed by atoms with Crippen molar-refractivity contribution < 1.29 is 29.0 Å². The predicted octanol–water partition coefficient (Wildman–Crippen LogP) is 5.64. The molecular weight excluding hydrogens is 470 g/mol. The number of nitrogens with zero attached hydrogens (tertiary/aromatic N) is 1. The molecule has 0 aliphatic carbocycles. The van der Waals surface area contributed by atoms with Crippen molar-refractivity contribution in [2.45, 2.75) is 46.0 Å². The Bertz CT molecular complexity index is 1140. The SMILES string of the molecule is CCC(CC(C)C(=O)OCCCON=Cc1c2ccccc2cc2ccccc12)C(=O)OCCCCO. The minimum Gasteiger partial charge on any atom is -0.465 e. The summed E-state index contributed by atoms with van der Waals surface area (Å²) in [7, 11) is 0. The van der Waals surface area contributed by atoms with E-state index in [-0.39, 0.29) is 37.7 Å². The second-order valence-electron chi connectivity index (χ2n) is 9.16. The van der Waals surface area contributed by atoms with Crippen molar-refractivity contribution in [3.05, 3.63) is 60.2 Å². The number of esters is 2. The topological polar surface area (TPSA) is 94.4 Å². The van der Waals surface area contributed by atoms with Crippen molar-refractivity contribution in [1.29, 1.82) is 0 Å². The minimum atomic E-state index is -0.409. The monoisotopic (exact) mass is 507 g/mol. The van der Waals surface area contributed by atoms with Gasteiger partial charge in [-0.15, -0.1) is 0 Å². The molecule has 0 bridgehead atoms. The summed E-state index contributed by atoms with van der Waals surface area (Å²) in [6, 6.07) is 18.5. The van der Waals surface area contributed by atoms with Crippen molar-refractivity contribution in [2.75, 3.05) is 26.4 Å². The van der Waals surface area contributed by atoms with Crippen LogP contribution in [-0.2, 0) is 23.9 Å². The molecule has 7 nitrogen and oxygen atoms in total. The number of hydrogen-bond acceptors (Lipinski definition) is 7. The molecule has 3 rings (SSSR count). The Morgan fingerprint density at radius 1 is 0.892 bits per heavy atom. The summed E-state index contributed by atoms with van der Waals surface area (Å²) in [5.74, 6) is -1.39. The minimum absolute atomic E-state index is 0.0798. The lowest BCUT2D eigenvalue weighted by molar-refractivity contribution is -0.152. The zero-order valence-electron chi connectivity index (χ0n) is 21.7. The number of hydrogen-bond donors (Lipinski definition) is 1. The van der Waals surface area contributed by atoms with E-state index in [9.17, 15) is 9.59 Å². The molecule has 0 heterocycles. The van der Waals surface area contributed by atoms with Gasteiger partial charge >= 0.3 is 11.9 Å². The first-order valence-electron chi connectivity index (χ1n) is 13.0. The van der Waals surface area contributed by atoms with Gasteiger partial charge in [-0.3, -0.25) is 9.59 Å². The Morgan fingerprint density at radius 2 is 1.51 bits per heavy atom. The van der Waals surface area contributed by atoms with E-state index in [1.807, 2.05) is 31.2 Å². The average Bonchev–Trinajstić information content (AvgIpc) is 2.92. The number of fused-ring (bicyclic) bond motifs is 2. The average molecular weight is 508 g/mol. The van der Waals surface area contributed by atoms with Crippen molar-refractivity contribution in [1.82, 2.24) is 0 Å². The molecule has 0 aliphatic rings. The van der Waals surface area contributed by atoms with Crippen LogP contribution in [0.25, 0.3) is 21.5 Å². The molecule has 0 aromatic heterocycles. The molecule has 0 amide bonds. The van der Waals surface area contributed by atoms with Crippen molar-refractivity contribution in [2.24, 2.45) is 17.0 Å². The number of rotatable bonds is 15. The molecular formula is C30H37NO6. The molecule has 0 saturated heterocycles. The van der Waals surface area contributed by atoms with E-state index in [4.69, 9.17) is 19.4 Å². The zero-order chi connectivity index (χ0) is 26.5. The third-order valence-corrected chi connectivity index (χ3v) is 6.36. The highest BCUT2D eigenvalue weighted by Crippen LogP contribution is 2.27. The Hall–Kier alpha value is -3.45. The maximum absolute atomic E-state index is 12.4. The van der Waals surface area contributed by atoms with E-state index < -0.39 is 5.92 Å². The standard InChI is InChI=1S/C30H37NO6/c1-3-23(30(34)36-16-9-8-15-32)19-22(2)29(33)35-17-10-18-37-31-21-28-26-13-6-4-11-24(26)20-25-12-5-7-14-27(25)28/h4-7,11-14,20-23,32H,3,8-10,15-19H2,1-2H3. The molecule has 3 aromatic rings. The highest BCUT2D eigenvalue weighted by Gasteiger charge is 2.25. The van der Waals surface area contributed by atoms with E-state index in [1.54, 1.807) is 13.1 Å². The molecule has 1 N–H and O–H groups in total. The number of ether oxygens (including phenoxy) is 2. The molecule has 2 unspecified atom stereocenters. The molecule has 0 radical (unpaired) electrons. The molecule has 7 heteroatoms. The van der Waals surface area contributed by atoms with E-state index in [1.165, 1.54) is 0 Å². The van der Waals surface area contributed by atoms with Crippen LogP contribution in [0, 0.1) is 11.8 Å². The van der Waals surface area contributed by atoms with Gasteiger partial charge < -0.3 is 19.4 Å². The van der Waals surface area contributed by atoms with Crippen LogP contribution < -0.4 is 0 Å². The highest BCUT2D eigenvalue weighted by atomic mass is 16.6. The number of aliphatic hydroxyl groups is 1. The second-order valence-corrected chi connectivity index (χ2v) is 9.16. The van der Waals surface area contributed by atoms with Gasteiger partial charge in [-0.1, -0.05) is 67.5 Å². The molecule has 198 valence electrons. The fourth-order valence-corrected chi connectivity index (χ4v) is 4.23. The van der Waals surface area contributed by atoms with Gasteiger partial charge in [0.2, 0.25) is 0 Å². The molecule has 0 aliphatic heterocycles. The van der Waals surface area contributed by atoms with Gasteiger partial charge in [0.15, 0.2) is 0 Å². The van der Waals surface area contributed by atoms with Crippen LogP contribution in [0.4, 0.5) is 0 Å². The summed E-state index contributed by atoms with van der Waals surface area (Å²) < 4.78 is 10.6. The van der Waals surface area contributed by atoms with Crippen LogP contribution in [-0.4, -0.2) is 49.7 Å². The van der Waals surface area contributed by atoms with E-state index >= 15 is 0 Å². The molecule has 0 spiro atoms. The normalized spacial score (nSPS) is 13.1. The van der Waals surface area contributed by atoms with Crippen LogP contribution in [0.3, 0.4) is 0 Å². The Balaban J connectivity index is 1.42. The first-order valence-corrected chi connectivity index (χ1v) is 13.0. The number of unbranched alkanes of at least 4 members (excludes halogenated alkanes) is 1. The van der Waals surface area contributed by atoms with Crippen LogP contribution in [0.5, 0.6) is 0 Å². The second kappa shape index (κ2) is 15.0. The van der Waals surface area contributed by atoms with Gasteiger partial charge in [0.25, 0.3) is 0 Å². The first kappa shape index (κ1) is 28.1. The Labute approximate surface area is 218 Å². The zero-order valence-corrected chi connectivity index (χ0v) is 21.7. The lowest BCUT2D eigenvalue weighted by Gasteiger charge is -2.18. The summed E-state index contributed by atoms with van der Waals surface area (Å²) in [5, 5.41) is 17.5. The largest absolute Gasteiger partial charge is 0.465 e. The van der Waals surface area contributed by atoms with Gasteiger partial charge in [0.1, 0.15) is 6.61 Å². The highest BCUT2D eigenvalue weighted by molar-refractivity contribution is 6.13. The maximum atomic E-state index is 12.4. The van der Waals surface area contributed by atoms with Gasteiger partial charge in [-0.25, -0.2) is 0 Å². The van der Waals surface area contributed by atoms with E-state index in [0.29, 0.717) is 38.7 Å². The first-order chi connectivity index (χ1) is 18.0. The molecule has 0 saturated carbocycles. The lowest BCUT2D eigenvalue weighted by Crippen LogP contribution is -2.24. The van der Waals surface area contributed by atoms with Crippen LogP contribution in [0.2, 0.25) is 0 Å². The molecule has 3 aromatic carbocycles. The summed E-state index contributed by atoms with van der Waals surface area (Å²) in [6.07, 6.45) is 4.45. The Kier molecular flexibility index (Phi) is 11.4. The maximum Gasteiger partial charge on any atom is 0.308 e. The van der Waals surface area contributed by atoms with E-state index in [2.05, 4.69) is 35.5 Å². The number of carbonyl (C=O) groups excluding carboxylic acids is 2. The Morgan fingerprint density at radius 3 is 2.16 bits per heavy atom. The quantitative estimate of drug-likeness (QED) is 0.0940. The molecule has 2 atom stereocenters. The van der Waals surface area contributed by atoms with E-state index in [0.717, 1.165) is 27.1 Å². The van der Waals surface area contributed by atoms with Crippen LogP contribution >= 0.6 is 0 Å². The van der Waals surface area contributed by atoms with Gasteiger partial charge in [0.05, 0.1) is 31.3 Å². The number of oxime groups is 1. The smallest absolute Gasteiger partial charge is 0.308 e. The summed E-state index contributed by atoms with van der Waals surface area (Å²) in [5.41, 5.74) is 1.01. The van der Waals surface area contributed by atoms with Gasteiger partial charge in [-0.05, 0) is 53.3 Å². The summed E-state index contributed by atoms with van der Waals surface area (Å²) in [6.45, 7) is 4.57. The van der Waals surface area contributed by atoms with Crippen LogP contribution in [0.1, 0.15) is 51.5 Å². The number of aliphatic hydroxyl groups excluding tert-OH is 1. The summed E-state index contributed by atoms with van der Waals surface area (Å²) in [4.78, 5) is 30.1. The third kappa shape index (κ3) is 8.29. The van der Waals surface area contributed by atoms with Crippen molar-refractivity contribution in [3.63, 3.8) is 0 Å². The molecule has 37 heavy (non-hydrogen) atoms. The number of benzene rings is 3. The van der Waals surface area contributed by atoms with Crippen molar-refractivity contribution >= 4 is 39.7 Å². The lowest BCUT2D eigenvalue weighted by atomic mass is 9.94. The van der Waals surface area contributed by atoms with Gasteiger partial charge in [0, 0.05) is 18.6 Å². The fraction of sp³-hybridized carbons (Fsp3) is 0.433. The third-order valence-electron chi connectivity index (χ3n) is 6.36. The number of carbonyl (C=O) groups is 2. The summed E-state index contributed by atoms with van der Waals surface area (Å²) >= 11 is 0. The van der Waals surface area contributed by atoms with Crippen molar-refractivity contribution in [3.8, 4) is 0 Å². The predicted molar refractivity (Wildman–Crippen MR) is 145 cm³/mol.